The van der Waals surface area contributed by atoms with Crippen LogP contribution in [-0.2, 0) is 4.79 Å². The summed E-state index contributed by atoms with van der Waals surface area (Å²) in [6.07, 6.45) is 0. The van der Waals surface area contributed by atoms with E-state index in [0.29, 0.717) is 11.4 Å². The molecule has 1 N–H and O–H groups in total. The molecule has 0 aromatic heterocycles. The molecule has 0 bridgehead atoms. The van der Waals surface area contributed by atoms with Crippen molar-refractivity contribution in [1.29, 1.82) is 0 Å². The predicted octanol–water partition coefficient (Wildman–Crippen LogP) is 5.30. The zero-order valence-corrected chi connectivity index (χ0v) is 15.9. The van der Waals surface area contributed by atoms with Crippen molar-refractivity contribution >= 4 is 59.4 Å². The van der Waals surface area contributed by atoms with Crippen LogP contribution in [0.4, 0.5) is 5.69 Å². The number of nitrogens with one attached hydrogen (secondary N) is 1. The SMILES string of the molecule is Cc1cc(Br)c(NC(=O)COc2cccc(Br)c2)c(Br)c1. The van der Waals surface area contributed by atoms with Crippen molar-refractivity contribution < 1.29 is 9.53 Å². The van der Waals surface area contributed by atoms with Gasteiger partial charge in [-0.2, -0.15) is 0 Å². The minimum absolute atomic E-state index is 0.0524. The fraction of sp³-hybridized carbons (Fsp3) is 0.133. The standard InChI is InChI=1S/C15H12Br3NO2/c1-9-5-12(17)15(13(18)6-9)19-14(20)8-21-11-4-2-3-10(16)7-11/h2-7H,8H2,1H3,(H,19,20). The van der Waals surface area contributed by atoms with Gasteiger partial charge in [-0.05, 0) is 74.7 Å². The maximum absolute atomic E-state index is 12.0. The fourth-order valence-corrected chi connectivity index (χ4v) is 3.69. The highest BCUT2D eigenvalue weighted by Crippen LogP contribution is 2.32. The van der Waals surface area contributed by atoms with Gasteiger partial charge in [0.05, 0.1) is 5.69 Å². The number of anilines is 1. The van der Waals surface area contributed by atoms with Crippen LogP contribution in [0.15, 0.2) is 49.8 Å². The Hall–Kier alpha value is -0.850. The third kappa shape index (κ3) is 4.83. The summed E-state index contributed by atoms with van der Waals surface area (Å²) in [5, 5.41) is 2.82. The van der Waals surface area contributed by atoms with Crippen molar-refractivity contribution in [3.8, 4) is 5.75 Å². The van der Waals surface area contributed by atoms with Crippen LogP contribution >= 0.6 is 47.8 Å². The van der Waals surface area contributed by atoms with Crippen molar-refractivity contribution in [2.45, 2.75) is 6.92 Å². The lowest BCUT2D eigenvalue weighted by atomic mass is 10.2. The maximum Gasteiger partial charge on any atom is 0.262 e. The van der Waals surface area contributed by atoms with E-state index in [0.717, 1.165) is 19.0 Å². The van der Waals surface area contributed by atoms with Crippen molar-refractivity contribution in [3.05, 3.63) is 55.4 Å². The maximum atomic E-state index is 12.0. The Morgan fingerprint density at radius 3 is 2.43 bits per heavy atom. The third-order valence-corrected chi connectivity index (χ3v) is 4.36. The van der Waals surface area contributed by atoms with E-state index < -0.39 is 0 Å². The summed E-state index contributed by atoms with van der Waals surface area (Å²) in [6, 6.07) is 11.2. The first-order valence-electron chi connectivity index (χ1n) is 6.09. The number of carbonyl (C=O) groups excluding carboxylic acids is 1. The highest BCUT2D eigenvalue weighted by atomic mass is 79.9. The smallest absolute Gasteiger partial charge is 0.262 e. The molecule has 0 aliphatic rings. The Bertz CT molecular complexity index is 651. The van der Waals surface area contributed by atoms with Gasteiger partial charge >= 0.3 is 0 Å². The van der Waals surface area contributed by atoms with E-state index in [1.165, 1.54) is 0 Å². The largest absolute Gasteiger partial charge is 0.484 e. The molecule has 0 aliphatic heterocycles. The second kappa shape index (κ2) is 7.42. The van der Waals surface area contributed by atoms with Gasteiger partial charge in [0.2, 0.25) is 0 Å². The molecule has 0 atom stereocenters. The molecule has 1 amide bonds. The quantitative estimate of drug-likeness (QED) is 0.649. The van der Waals surface area contributed by atoms with Gasteiger partial charge in [0, 0.05) is 13.4 Å². The third-order valence-electron chi connectivity index (χ3n) is 2.62. The molecule has 3 nitrogen and oxygen atoms in total. The van der Waals surface area contributed by atoms with Crippen LogP contribution in [-0.4, -0.2) is 12.5 Å². The normalized spacial score (nSPS) is 10.3. The van der Waals surface area contributed by atoms with Gasteiger partial charge in [-0.3, -0.25) is 4.79 Å². The van der Waals surface area contributed by atoms with E-state index >= 15 is 0 Å². The molecule has 2 rings (SSSR count). The number of benzene rings is 2. The lowest BCUT2D eigenvalue weighted by Crippen LogP contribution is -2.20. The molecule has 21 heavy (non-hydrogen) atoms. The zero-order valence-electron chi connectivity index (χ0n) is 11.1. The number of hydrogen-bond donors (Lipinski definition) is 1. The molecular weight excluding hydrogens is 466 g/mol. The van der Waals surface area contributed by atoms with Crippen LogP contribution < -0.4 is 10.1 Å². The van der Waals surface area contributed by atoms with Crippen LogP contribution in [0.5, 0.6) is 5.75 Å². The molecule has 0 saturated heterocycles. The Morgan fingerprint density at radius 1 is 1.14 bits per heavy atom. The number of hydrogen-bond acceptors (Lipinski definition) is 2. The Morgan fingerprint density at radius 2 is 1.81 bits per heavy atom. The van der Waals surface area contributed by atoms with Gasteiger partial charge < -0.3 is 10.1 Å². The highest BCUT2D eigenvalue weighted by Gasteiger charge is 2.10. The van der Waals surface area contributed by atoms with E-state index in [-0.39, 0.29) is 12.5 Å². The van der Waals surface area contributed by atoms with Crippen LogP contribution in [0, 0.1) is 6.92 Å². The Balaban J connectivity index is 1.99. The molecule has 0 unspecified atom stereocenters. The first-order chi connectivity index (χ1) is 9.95. The van der Waals surface area contributed by atoms with Gasteiger partial charge in [0.1, 0.15) is 5.75 Å². The number of ether oxygens (including phenoxy) is 1. The van der Waals surface area contributed by atoms with Gasteiger partial charge in [-0.1, -0.05) is 22.0 Å². The summed E-state index contributed by atoms with van der Waals surface area (Å²) in [6.45, 7) is 1.93. The van der Waals surface area contributed by atoms with E-state index in [9.17, 15) is 4.79 Å². The summed E-state index contributed by atoms with van der Waals surface area (Å²) >= 11 is 10.2. The number of halogens is 3. The zero-order chi connectivity index (χ0) is 15.4. The average Bonchev–Trinajstić information content (AvgIpc) is 2.40. The van der Waals surface area contributed by atoms with Crippen molar-refractivity contribution in [2.24, 2.45) is 0 Å². The van der Waals surface area contributed by atoms with Crippen molar-refractivity contribution in [3.63, 3.8) is 0 Å². The van der Waals surface area contributed by atoms with Gasteiger partial charge in [0.15, 0.2) is 6.61 Å². The lowest BCUT2D eigenvalue weighted by molar-refractivity contribution is -0.118. The number of amides is 1. The monoisotopic (exact) mass is 475 g/mol. The molecule has 0 heterocycles. The summed E-state index contributed by atoms with van der Waals surface area (Å²) in [5.41, 5.74) is 1.79. The van der Waals surface area contributed by atoms with Crippen LogP contribution in [0.2, 0.25) is 0 Å². The molecule has 110 valence electrons. The average molecular weight is 478 g/mol. The molecule has 0 aliphatic carbocycles. The number of carbonyl (C=O) groups is 1. The second-order valence-electron chi connectivity index (χ2n) is 4.40. The van der Waals surface area contributed by atoms with E-state index in [1.54, 1.807) is 6.07 Å². The Kier molecular flexibility index (Phi) is 5.84. The van der Waals surface area contributed by atoms with Gasteiger partial charge in [-0.15, -0.1) is 0 Å². The molecular formula is C15H12Br3NO2. The molecule has 0 fully saturated rings. The minimum Gasteiger partial charge on any atom is -0.484 e. The molecule has 6 heteroatoms. The van der Waals surface area contributed by atoms with E-state index in [1.807, 2.05) is 37.3 Å². The van der Waals surface area contributed by atoms with Crippen molar-refractivity contribution in [1.82, 2.24) is 0 Å². The summed E-state index contributed by atoms with van der Waals surface area (Å²) in [4.78, 5) is 12.0. The lowest BCUT2D eigenvalue weighted by Gasteiger charge is -2.11. The van der Waals surface area contributed by atoms with Gasteiger partial charge in [-0.25, -0.2) is 0 Å². The Labute approximate surface area is 148 Å². The predicted molar refractivity (Wildman–Crippen MR) is 94.8 cm³/mol. The fourth-order valence-electron chi connectivity index (χ4n) is 1.70. The van der Waals surface area contributed by atoms with Gasteiger partial charge in [0.25, 0.3) is 5.91 Å². The summed E-state index contributed by atoms with van der Waals surface area (Å²) < 4.78 is 8.01. The first kappa shape index (κ1) is 16.5. The molecule has 0 radical (unpaired) electrons. The first-order valence-corrected chi connectivity index (χ1v) is 8.47. The molecule has 0 saturated carbocycles. The minimum atomic E-state index is -0.222. The van der Waals surface area contributed by atoms with Crippen LogP contribution in [0.3, 0.4) is 0 Å². The van der Waals surface area contributed by atoms with Crippen LogP contribution in [0.25, 0.3) is 0 Å². The van der Waals surface area contributed by atoms with E-state index in [2.05, 4.69) is 53.1 Å². The van der Waals surface area contributed by atoms with Crippen molar-refractivity contribution in [2.75, 3.05) is 11.9 Å². The number of aryl methyl sites for hydroxylation is 1. The topological polar surface area (TPSA) is 38.3 Å². The molecule has 0 spiro atoms. The molecule has 2 aromatic carbocycles. The van der Waals surface area contributed by atoms with E-state index in [4.69, 9.17) is 4.74 Å². The van der Waals surface area contributed by atoms with Crippen LogP contribution in [0.1, 0.15) is 5.56 Å². The molecule has 2 aromatic rings. The summed E-state index contributed by atoms with van der Waals surface area (Å²) in [5.74, 6) is 0.418. The highest BCUT2D eigenvalue weighted by molar-refractivity contribution is 9.11. The summed E-state index contributed by atoms with van der Waals surface area (Å²) in [7, 11) is 0. The second-order valence-corrected chi connectivity index (χ2v) is 7.02. The number of rotatable bonds is 4.